The lowest BCUT2D eigenvalue weighted by Crippen LogP contribution is -2.06. The van der Waals surface area contributed by atoms with Crippen molar-refractivity contribution < 1.29 is 9.13 Å². The molecule has 2 aromatic carbocycles. The first kappa shape index (κ1) is 12.4. The van der Waals surface area contributed by atoms with E-state index in [0.717, 1.165) is 6.42 Å². The van der Waals surface area contributed by atoms with Gasteiger partial charge in [-0.05, 0) is 24.1 Å². The molecule has 2 aromatic rings. The number of methoxy groups -OCH3 is 1. The Kier molecular flexibility index (Phi) is 4.18. The molecule has 0 fully saturated rings. The van der Waals surface area contributed by atoms with Crippen LogP contribution in [0.3, 0.4) is 0 Å². The van der Waals surface area contributed by atoms with Crippen LogP contribution < -0.4 is 10.1 Å². The Balaban J connectivity index is 1.94. The molecule has 0 saturated heterocycles. The molecule has 94 valence electrons. The summed E-state index contributed by atoms with van der Waals surface area (Å²) in [5.74, 6) is 0.391. The molecular weight excluding hydrogens is 229 g/mol. The Morgan fingerprint density at radius 2 is 1.89 bits per heavy atom. The summed E-state index contributed by atoms with van der Waals surface area (Å²) in [6.45, 7) is 0.689. The van der Waals surface area contributed by atoms with Crippen molar-refractivity contribution in [3.05, 3.63) is 59.9 Å². The molecule has 18 heavy (non-hydrogen) atoms. The third kappa shape index (κ3) is 3.23. The average Bonchev–Trinajstić information content (AvgIpc) is 2.42. The lowest BCUT2D eigenvalue weighted by molar-refractivity contribution is 0.414. The minimum atomic E-state index is -0.260. The third-order valence-electron chi connectivity index (χ3n) is 2.75. The topological polar surface area (TPSA) is 21.3 Å². The van der Waals surface area contributed by atoms with Crippen LogP contribution in [-0.2, 0) is 6.42 Å². The molecule has 0 aromatic heterocycles. The van der Waals surface area contributed by atoms with Crippen molar-refractivity contribution >= 4 is 5.69 Å². The fourth-order valence-corrected chi connectivity index (χ4v) is 1.75. The van der Waals surface area contributed by atoms with Crippen LogP contribution in [0.15, 0.2) is 48.5 Å². The average molecular weight is 245 g/mol. The zero-order valence-corrected chi connectivity index (χ0v) is 10.3. The van der Waals surface area contributed by atoms with Gasteiger partial charge in [0.2, 0.25) is 0 Å². The smallest absolute Gasteiger partial charge is 0.146 e. The molecular formula is C15H16FNO. The molecule has 0 spiro atoms. The van der Waals surface area contributed by atoms with Crippen LogP contribution in [0.2, 0.25) is 0 Å². The van der Waals surface area contributed by atoms with Gasteiger partial charge in [-0.3, -0.25) is 0 Å². The standard InChI is InChI=1S/C15H16FNO/c1-18-13-7-8-14(16)15(11-13)17-10-9-12-5-3-2-4-6-12/h2-8,11,17H,9-10H2,1H3. The van der Waals surface area contributed by atoms with Crippen molar-refractivity contribution in [2.24, 2.45) is 0 Å². The summed E-state index contributed by atoms with van der Waals surface area (Å²) < 4.78 is 18.6. The van der Waals surface area contributed by atoms with Gasteiger partial charge in [0, 0.05) is 12.6 Å². The van der Waals surface area contributed by atoms with Gasteiger partial charge in [-0.2, -0.15) is 0 Å². The van der Waals surface area contributed by atoms with E-state index in [9.17, 15) is 4.39 Å². The molecule has 0 aliphatic heterocycles. The summed E-state index contributed by atoms with van der Waals surface area (Å²) in [7, 11) is 1.57. The van der Waals surface area contributed by atoms with E-state index < -0.39 is 0 Å². The maximum Gasteiger partial charge on any atom is 0.146 e. The van der Waals surface area contributed by atoms with Gasteiger partial charge in [0.25, 0.3) is 0 Å². The summed E-state index contributed by atoms with van der Waals surface area (Å²) in [6.07, 6.45) is 0.859. The predicted molar refractivity (Wildman–Crippen MR) is 71.6 cm³/mol. The van der Waals surface area contributed by atoms with Crippen molar-refractivity contribution in [1.29, 1.82) is 0 Å². The first-order valence-corrected chi connectivity index (χ1v) is 5.91. The number of hydrogen-bond acceptors (Lipinski definition) is 2. The summed E-state index contributed by atoms with van der Waals surface area (Å²) in [6, 6.07) is 14.8. The molecule has 2 nitrogen and oxygen atoms in total. The zero-order chi connectivity index (χ0) is 12.8. The van der Waals surface area contributed by atoms with E-state index >= 15 is 0 Å². The highest BCUT2D eigenvalue weighted by Gasteiger charge is 2.03. The van der Waals surface area contributed by atoms with Crippen LogP contribution in [0.25, 0.3) is 0 Å². The molecule has 0 radical (unpaired) electrons. The zero-order valence-electron chi connectivity index (χ0n) is 10.3. The minimum absolute atomic E-state index is 0.260. The second kappa shape index (κ2) is 6.05. The molecule has 0 aliphatic rings. The highest BCUT2D eigenvalue weighted by molar-refractivity contribution is 5.49. The summed E-state index contributed by atoms with van der Waals surface area (Å²) in [5.41, 5.74) is 1.71. The molecule has 1 N–H and O–H groups in total. The van der Waals surface area contributed by atoms with Gasteiger partial charge in [0.05, 0.1) is 12.8 Å². The lowest BCUT2D eigenvalue weighted by atomic mass is 10.1. The van der Waals surface area contributed by atoms with Crippen LogP contribution in [0.4, 0.5) is 10.1 Å². The lowest BCUT2D eigenvalue weighted by Gasteiger charge is -2.09. The number of ether oxygens (including phenoxy) is 1. The number of rotatable bonds is 5. The van der Waals surface area contributed by atoms with Gasteiger partial charge < -0.3 is 10.1 Å². The SMILES string of the molecule is COc1ccc(F)c(NCCc2ccccc2)c1. The second-order valence-electron chi connectivity index (χ2n) is 4.01. The number of anilines is 1. The van der Waals surface area contributed by atoms with Crippen LogP contribution >= 0.6 is 0 Å². The van der Waals surface area contributed by atoms with E-state index in [4.69, 9.17) is 4.74 Å². The third-order valence-corrected chi connectivity index (χ3v) is 2.75. The fraction of sp³-hybridized carbons (Fsp3) is 0.200. The largest absolute Gasteiger partial charge is 0.497 e. The van der Waals surface area contributed by atoms with Gasteiger partial charge in [-0.1, -0.05) is 30.3 Å². The van der Waals surface area contributed by atoms with Crippen LogP contribution in [0, 0.1) is 5.82 Å². The van der Waals surface area contributed by atoms with Gasteiger partial charge in [-0.15, -0.1) is 0 Å². The van der Waals surface area contributed by atoms with Crippen molar-refractivity contribution in [1.82, 2.24) is 0 Å². The van der Waals surface area contributed by atoms with E-state index in [0.29, 0.717) is 18.0 Å². The Bertz CT molecular complexity index is 499. The summed E-state index contributed by atoms with van der Waals surface area (Å²) >= 11 is 0. The second-order valence-corrected chi connectivity index (χ2v) is 4.01. The molecule has 0 aliphatic carbocycles. The molecule has 2 rings (SSSR count). The Morgan fingerprint density at radius 1 is 1.11 bits per heavy atom. The van der Waals surface area contributed by atoms with Crippen molar-refractivity contribution in [2.75, 3.05) is 19.0 Å². The van der Waals surface area contributed by atoms with E-state index in [1.165, 1.54) is 11.6 Å². The van der Waals surface area contributed by atoms with E-state index in [1.54, 1.807) is 19.2 Å². The molecule has 0 heterocycles. The van der Waals surface area contributed by atoms with Crippen molar-refractivity contribution in [2.45, 2.75) is 6.42 Å². The monoisotopic (exact) mass is 245 g/mol. The molecule has 0 amide bonds. The highest BCUT2D eigenvalue weighted by atomic mass is 19.1. The molecule has 0 saturated carbocycles. The summed E-state index contributed by atoms with van der Waals surface area (Å²) in [5, 5.41) is 3.08. The van der Waals surface area contributed by atoms with Gasteiger partial charge in [-0.25, -0.2) is 4.39 Å². The van der Waals surface area contributed by atoms with E-state index in [2.05, 4.69) is 17.4 Å². The maximum absolute atomic E-state index is 13.5. The Morgan fingerprint density at radius 3 is 2.61 bits per heavy atom. The van der Waals surface area contributed by atoms with Gasteiger partial charge in [0.15, 0.2) is 0 Å². The molecule has 0 bridgehead atoms. The maximum atomic E-state index is 13.5. The summed E-state index contributed by atoms with van der Waals surface area (Å²) in [4.78, 5) is 0. The van der Waals surface area contributed by atoms with E-state index in [-0.39, 0.29) is 5.82 Å². The minimum Gasteiger partial charge on any atom is -0.497 e. The van der Waals surface area contributed by atoms with Gasteiger partial charge in [0.1, 0.15) is 11.6 Å². The first-order chi connectivity index (χ1) is 8.79. The van der Waals surface area contributed by atoms with Crippen LogP contribution in [-0.4, -0.2) is 13.7 Å². The highest BCUT2D eigenvalue weighted by Crippen LogP contribution is 2.20. The fourth-order valence-electron chi connectivity index (χ4n) is 1.75. The number of benzene rings is 2. The Labute approximate surface area is 106 Å². The quantitative estimate of drug-likeness (QED) is 0.870. The van der Waals surface area contributed by atoms with Crippen LogP contribution in [0.5, 0.6) is 5.75 Å². The van der Waals surface area contributed by atoms with Crippen molar-refractivity contribution in [3.63, 3.8) is 0 Å². The molecule has 3 heteroatoms. The van der Waals surface area contributed by atoms with Crippen molar-refractivity contribution in [3.8, 4) is 5.75 Å². The number of halogens is 1. The number of nitrogens with one attached hydrogen (secondary N) is 1. The Hall–Kier alpha value is -2.03. The predicted octanol–water partition coefficient (Wildman–Crippen LogP) is 3.49. The molecule has 0 unspecified atom stereocenters. The first-order valence-electron chi connectivity index (χ1n) is 5.91. The van der Waals surface area contributed by atoms with Gasteiger partial charge >= 0.3 is 0 Å². The normalized spacial score (nSPS) is 10.1. The van der Waals surface area contributed by atoms with E-state index in [1.807, 2.05) is 18.2 Å². The van der Waals surface area contributed by atoms with Crippen LogP contribution in [0.1, 0.15) is 5.56 Å². The molecule has 0 atom stereocenters. The number of hydrogen-bond donors (Lipinski definition) is 1.